The molecule has 3 atom stereocenters. The second-order valence-corrected chi connectivity index (χ2v) is 8.81. The van der Waals surface area contributed by atoms with Crippen LogP contribution in [-0.4, -0.2) is 54.7 Å². The molecule has 3 unspecified atom stereocenters. The Balaban J connectivity index is 0.00000280. The Morgan fingerprint density at radius 2 is 2.04 bits per heavy atom. The number of halogens is 1. The van der Waals surface area contributed by atoms with E-state index in [2.05, 4.69) is 22.8 Å². The third-order valence-corrected chi connectivity index (χ3v) is 6.71. The highest BCUT2D eigenvalue weighted by Gasteiger charge is 2.28. The fraction of sp³-hybridized carbons (Fsp3) is 0.619. The van der Waals surface area contributed by atoms with Gasteiger partial charge in [-0.15, -0.1) is 24.2 Å². The monoisotopic (exact) mass is 425 g/mol. The van der Waals surface area contributed by atoms with Crippen molar-refractivity contribution in [3.05, 3.63) is 30.3 Å². The van der Waals surface area contributed by atoms with Gasteiger partial charge in [0, 0.05) is 36.2 Å². The van der Waals surface area contributed by atoms with E-state index in [0.717, 1.165) is 51.1 Å². The lowest BCUT2D eigenvalue weighted by molar-refractivity contribution is -0.136. The third-order valence-electron chi connectivity index (χ3n) is 5.44. The summed E-state index contributed by atoms with van der Waals surface area (Å²) in [6, 6.07) is 10.2. The number of carbonyl (C=O) groups is 2. The number of carbonyl (C=O) groups excluding carboxylic acids is 2. The summed E-state index contributed by atoms with van der Waals surface area (Å²) in [5.74, 6) is 1.53. The Morgan fingerprint density at radius 3 is 2.75 bits per heavy atom. The van der Waals surface area contributed by atoms with Crippen molar-refractivity contribution in [3.8, 4) is 0 Å². The Morgan fingerprint density at radius 1 is 1.25 bits per heavy atom. The van der Waals surface area contributed by atoms with Gasteiger partial charge < -0.3 is 15.5 Å². The average molecular weight is 426 g/mol. The van der Waals surface area contributed by atoms with Gasteiger partial charge in [0.25, 0.3) is 0 Å². The van der Waals surface area contributed by atoms with Crippen molar-refractivity contribution in [1.82, 2.24) is 15.5 Å². The van der Waals surface area contributed by atoms with Gasteiger partial charge in [0.05, 0.1) is 6.04 Å². The molecule has 2 amide bonds. The molecule has 0 spiro atoms. The van der Waals surface area contributed by atoms with Crippen LogP contribution >= 0.6 is 24.2 Å². The number of nitrogens with one attached hydrogen (secondary N) is 2. The van der Waals surface area contributed by atoms with Crippen molar-refractivity contribution in [3.63, 3.8) is 0 Å². The van der Waals surface area contributed by atoms with Crippen molar-refractivity contribution in [2.75, 3.05) is 31.9 Å². The molecule has 0 aliphatic carbocycles. The van der Waals surface area contributed by atoms with Crippen molar-refractivity contribution >= 4 is 36.0 Å². The molecule has 0 aromatic heterocycles. The zero-order valence-corrected chi connectivity index (χ0v) is 18.2. The van der Waals surface area contributed by atoms with Crippen molar-refractivity contribution in [1.29, 1.82) is 0 Å². The van der Waals surface area contributed by atoms with E-state index < -0.39 is 0 Å². The lowest BCUT2D eigenvalue weighted by Crippen LogP contribution is -2.47. The fourth-order valence-corrected chi connectivity index (χ4v) is 4.76. The largest absolute Gasteiger partial charge is 0.354 e. The molecule has 0 radical (unpaired) electrons. The van der Waals surface area contributed by atoms with Gasteiger partial charge in [0.1, 0.15) is 0 Å². The molecule has 2 fully saturated rings. The van der Waals surface area contributed by atoms with Crippen LogP contribution in [0.1, 0.15) is 32.6 Å². The number of piperidine rings is 1. The second-order valence-electron chi connectivity index (χ2n) is 7.71. The van der Waals surface area contributed by atoms with Crippen LogP contribution < -0.4 is 10.6 Å². The van der Waals surface area contributed by atoms with E-state index in [9.17, 15) is 9.59 Å². The number of hydrogen-bond acceptors (Lipinski definition) is 4. The minimum Gasteiger partial charge on any atom is -0.354 e. The number of amides is 2. The predicted octanol–water partition coefficient (Wildman–Crippen LogP) is 2.94. The first-order chi connectivity index (χ1) is 13.1. The zero-order chi connectivity index (χ0) is 19.1. The SMILES string of the molecule is CC(CSc1ccccc1)C(=O)N1CCCC(CNC(=O)C2CCCN2)C1.Cl. The first-order valence-electron chi connectivity index (χ1n) is 10.1. The molecule has 2 aliphatic heterocycles. The van der Waals surface area contributed by atoms with Crippen LogP contribution in [-0.2, 0) is 9.59 Å². The van der Waals surface area contributed by atoms with E-state index in [1.807, 2.05) is 30.0 Å². The number of hydrogen-bond donors (Lipinski definition) is 2. The Bertz CT molecular complexity index is 625. The van der Waals surface area contributed by atoms with E-state index in [1.54, 1.807) is 11.8 Å². The molecule has 5 nitrogen and oxygen atoms in total. The maximum atomic E-state index is 12.8. The molecule has 7 heteroatoms. The number of nitrogens with zero attached hydrogens (tertiary/aromatic N) is 1. The van der Waals surface area contributed by atoms with Crippen LogP contribution in [0.4, 0.5) is 0 Å². The average Bonchev–Trinajstić information content (AvgIpc) is 3.25. The summed E-state index contributed by atoms with van der Waals surface area (Å²) < 4.78 is 0. The minimum absolute atomic E-state index is 0. The van der Waals surface area contributed by atoms with Crippen LogP contribution in [0.5, 0.6) is 0 Å². The topological polar surface area (TPSA) is 61.4 Å². The Labute approximate surface area is 178 Å². The smallest absolute Gasteiger partial charge is 0.237 e. The molecule has 3 rings (SSSR count). The third kappa shape index (κ3) is 6.68. The summed E-state index contributed by atoms with van der Waals surface area (Å²) in [4.78, 5) is 28.2. The molecule has 1 aromatic carbocycles. The molecule has 1 aromatic rings. The zero-order valence-electron chi connectivity index (χ0n) is 16.6. The van der Waals surface area contributed by atoms with Gasteiger partial charge in [0.15, 0.2) is 0 Å². The highest BCUT2D eigenvalue weighted by atomic mass is 35.5. The van der Waals surface area contributed by atoms with Gasteiger partial charge >= 0.3 is 0 Å². The van der Waals surface area contributed by atoms with Gasteiger partial charge in [-0.05, 0) is 50.3 Å². The van der Waals surface area contributed by atoms with E-state index in [1.165, 1.54) is 4.90 Å². The van der Waals surface area contributed by atoms with Gasteiger partial charge in [0.2, 0.25) is 11.8 Å². The normalized spacial score (nSPS) is 23.0. The fourth-order valence-electron chi connectivity index (χ4n) is 3.83. The summed E-state index contributed by atoms with van der Waals surface area (Å²) in [6.45, 7) is 5.23. The molecule has 2 saturated heterocycles. The van der Waals surface area contributed by atoms with Crippen LogP contribution in [0.2, 0.25) is 0 Å². The van der Waals surface area contributed by atoms with Crippen LogP contribution in [0, 0.1) is 11.8 Å². The van der Waals surface area contributed by atoms with E-state index >= 15 is 0 Å². The minimum atomic E-state index is -0.0265. The molecule has 28 heavy (non-hydrogen) atoms. The molecule has 2 N–H and O–H groups in total. The van der Waals surface area contributed by atoms with Crippen molar-refractivity contribution < 1.29 is 9.59 Å². The maximum absolute atomic E-state index is 12.8. The quantitative estimate of drug-likeness (QED) is 0.659. The Hall–Kier alpha value is -1.24. The first-order valence-corrected chi connectivity index (χ1v) is 11.1. The number of rotatable bonds is 7. The summed E-state index contributed by atoms with van der Waals surface area (Å²) >= 11 is 1.74. The van der Waals surface area contributed by atoms with Crippen molar-refractivity contribution in [2.45, 2.75) is 43.5 Å². The highest BCUT2D eigenvalue weighted by Crippen LogP contribution is 2.23. The van der Waals surface area contributed by atoms with Gasteiger partial charge in [-0.1, -0.05) is 25.1 Å². The highest BCUT2D eigenvalue weighted by molar-refractivity contribution is 7.99. The van der Waals surface area contributed by atoms with Gasteiger partial charge in [-0.3, -0.25) is 9.59 Å². The summed E-state index contributed by atoms with van der Waals surface area (Å²) in [5.41, 5.74) is 0. The second kappa shape index (κ2) is 11.7. The molecule has 0 bridgehead atoms. The molecule has 156 valence electrons. The van der Waals surface area contributed by atoms with E-state index in [0.29, 0.717) is 12.5 Å². The summed E-state index contributed by atoms with van der Waals surface area (Å²) in [6.07, 6.45) is 4.10. The van der Waals surface area contributed by atoms with E-state index in [-0.39, 0.29) is 36.2 Å². The predicted molar refractivity (Wildman–Crippen MR) is 117 cm³/mol. The molecule has 0 saturated carbocycles. The van der Waals surface area contributed by atoms with Crippen LogP contribution in [0.3, 0.4) is 0 Å². The molecule has 2 aliphatic rings. The first kappa shape index (κ1) is 23.0. The van der Waals surface area contributed by atoms with Crippen LogP contribution in [0.15, 0.2) is 35.2 Å². The summed E-state index contributed by atoms with van der Waals surface area (Å²) in [5, 5.41) is 6.32. The molecule has 2 heterocycles. The molecular formula is C21H32ClN3O2S. The van der Waals surface area contributed by atoms with Crippen molar-refractivity contribution in [2.24, 2.45) is 11.8 Å². The number of benzene rings is 1. The Kier molecular flexibility index (Phi) is 9.62. The van der Waals surface area contributed by atoms with Gasteiger partial charge in [-0.2, -0.15) is 0 Å². The van der Waals surface area contributed by atoms with Gasteiger partial charge in [-0.25, -0.2) is 0 Å². The summed E-state index contributed by atoms with van der Waals surface area (Å²) in [7, 11) is 0. The standard InChI is InChI=1S/C21H31N3O2S.ClH/c1-16(15-27-18-8-3-2-4-9-18)21(26)24-12-6-7-17(14-24)13-23-20(25)19-10-5-11-22-19;/h2-4,8-9,16-17,19,22H,5-7,10-15H2,1H3,(H,23,25);1H. The lowest BCUT2D eigenvalue weighted by Gasteiger charge is -2.34. The van der Waals surface area contributed by atoms with Crippen LogP contribution in [0.25, 0.3) is 0 Å². The maximum Gasteiger partial charge on any atom is 0.237 e. The number of thioether (sulfide) groups is 1. The van der Waals surface area contributed by atoms with E-state index in [4.69, 9.17) is 0 Å². The lowest BCUT2D eigenvalue weighted by atomic mass is 9.96. The number of likely N-dealkylation sites (tertiary alicyclic amines) is 1. The molecular weight excluding hydrogens is 394 g/mol.